The quantitative estimate of drug-likeness (QED) is 0.353. The van der Waals surface area contributed by atoms with Crippen molar-refractivity contribution in [1.29, 1.82) is 5.41 Å². The first-order valence-corrected chi connectivity index (χ1v) is 5.67. The van der Waals surface area contributed by atoms with Gasteiger partial charge in [0.1, 0.15) is 23.4 Å². The number of aromatic nitrogens is 3. The second kappa shape index (κ2) is 4.61. The molecule has 0 aromatic carbocycles. The smallest absolute Gasteiger partial charge is 0.180 e. The monoisotopic (exact) mass is 248 g/mol. The highest BCUT2D eigenvalue weighted by Crippen LogP contribution is 2.17. The molecule has 1 atom stereocenters. The van der Waals surface area contributed by atoms with E-state index in [2.05, 4.69) is 15.4 Å². The molecule has 5 N–H and O–H groups in total. The number of aliphatic hydroxyl groups excluding tert-OH is 1. The first-order chi connectivity index (χ1) is 8.54. The molecular formula is C11H16N6O. The molecular weight excluding hydrogens is 232 g/mol. The van der Waals surface area contributed by atoms with E-state index in [0.717, 1.165) is 0 Å². The Morgan fingerprint density at radius 3 is 3.00 bits per heavy atom. The maximum Gasteiger partial charge on any atom is 0.180 e. The number of aliphatic hydroxyl groups is 1. The predicted octanol–water partition coefficient (Wildman–Crippen LogP) is 0.296. The van der Waals surface area contributed by atoms with E-state index in [1.807, 2.05) is 6.92 Å². The van der Waals surface area contributed by atoms with Gasteiger partial charge in [0.15, 0.2) is 5.65 Å². The van der Waals surface area contributed by atoms with Crippen LogP contribution in [0.3, 0.4) is 0 Å². The number of amidine groups is 1. The zero-order valence-electron chi connectivity index (χ0n) is 10.3. The molecule has 0 bridgehead atoms. The molecule has 2 heterocycles. The van der Waals surface area contributed by atoms with E-state index in [9.17, 15) is 5.11 Å². The molecule has 2 aromatic rings. The van der Waals surface area contributed by atoms with Crippen molar-refractivity contribution in [3.63, 3.8) is 0 Å². The lowest BCUT2D eigenvalue weighted by Crippen LogP contribution is -2.28. The molecule has 0 saturated heterocycles. The van der Waals surface area contributed by atoms with Gasteiger partial charge in [-0.1, -0.05) is 6.92 Å². The Kier molecular flexibility index (Phi) is 3.15. The van der Waals surface area contributed by atoms with Crippen molar-refractivity contribution in [2.45, 2.75) is 26.5 Å². The summed E-state index contributed by atoms with van der Waals surface area (Å²) in [5.41, 5.74) is 10.1. The third-order valence-electron chi connectivity index (χ3n) is 2.67. The summed E-state index contributed by atoms with van der Waals surface area (Å²) < 4.78 is 1.62. The lowest BCUT2D eigenvalue weighted by atomic mass is 10.2. The van der Waals surface area contributed by atoms with Crippen molar-refractivity contribution in [3.8, 4) is 0 Å². The number of nitrogens with one attached hydrogen (secondary N) is 2. The van der Waals surface area contributed by atoms with Crippen LogP contribution >= 0.6 is 0 Å². The van der Waals surface area contributed by atoms with Crippen molar-refractivity contribution >= 4 is 17.0 Å². The minimum Gasteiger partial charge on any atom is -0.384 e. The van der Waals surface area contributed by atoms with Gasteiger partial charge in [-0.2, -0.15) is 0 Å². The van der Waals surface area contributed by atoms with Gasteiger partial charge in [-0.15, -0.1) is 0 Å². The highest BCUT2D eigenvalue weighted by molar-refractivity contribution is 6.04. The Morgan fingerprint density at radius 2 is 2.39 bits per heavy atom. The molecule has 0 amide bonds. The zero-order valence-corrected chi connectivity index (χ0v) is 10.3. The minimum atomic E-state index is -0.693. The van der Waals surface area contributed by atoms with E-state index in [0.29, 0.717) is 29.0 Å². The fourth-order valence-corrected chi connectivity index (χ4v) is 1.73. The topological polar surface area (TPSA) is 113 Å². The first-order valence-electron chi connectivity index (χ1n) is 5.67. The largest absolute Gasteiger partial charge is 0.384 e. The lowest BCUT2D eigenvalue weighted by molar-refractivity contribution is 0.184. The van der Waals surface area contributed by atoms with Crippen molar-refractivity contribution in [3.05, 3.63) is 23.7 Å². The number of imidazole rings is 1. The van der Waals surface area contributed by atoms with Crippen LogP contribution in [0.5, 0.6) is 0 Å². The SMILES string of the molecule is CCC(O)Nn1c(C)nc2nccc(C(=N)N)c21. The molecule has 2 aromatic heterocycles. The number of rotatable bonds is 4. The van der Waals surface area contributed by atoms with Gasteiger partial charge in [0.2, 0.25) is 0 Å². The molecule has 0 fully saturated rings. The Hall–Kier alpha value is -2.15. The van der Waals surface area contributed by atoms with Crippen LogP contribution in [0.4, 0.5) is 0 Å². The fourth-order valence-electron chi connectivity index (χ4n) is 1.73. The predicted molar refractivity (Wildman–Crippen MR) is 68.9 cm³/mol. The van der Waals surface area contributed by atoms with Gasteiger partial charge in [0, 0.05) is 11.8 Å². The van der Waals surface area contributed by atoms with E-state index in [1.54, 1.807) is 23.9 Å². The molecule has 0 aliphatic carbocycles. The van der Waals surface area contributed by atoms with Crippen LogP contribution in [-0.2, 0) is 0 Å². The number of hydrogen-bond acceptors (Lipinski definition) is 5. The summed E-state index contributed by atoms with van der Waals surface area (Å²) in [5, 5.41) is 17.2. The molecule has 0 spiro atoms. The summed E-state index contributed by atoms with van der Waals surface area (Å²) in [4.78, 5) is 8.40. The molecule has 18 heavy (non-hydrogen) atoms. The van der Waals surface area contributed by atoms with Crippen LogP contribution in [0.15, 0.2) is 12.3 Å². The molecule has 1 unspecified atom stereocenters. The van der Waals surface area contributed by atoms with Crippen LogP contribution < -0.4 is 11.2 Å². The lowest BCUT2D eigenvalue weighted by Gasteiger charge is -2.16. The minimum absolute atomic E-state index is 0.0589. The average molecular weight is 248 g/mol. The van der Waals surface area contributed by atoms with Crippen LogP contribution in [0, 0.1) is 12.3 Å². The molecule has 2 rings (SSSR count). The van der Waals surface area contributed by atoms with Crippen molar-refractivity contribution in [1.82, 2.24) is 14.6 Å². The number of nitrogen functional groups attached to an aromatic ring is 1. The van der Waals surface area contributed by atoms with E-state index in [4.69, 9.17) is 11.1 Å². The summed E-state index contributed by atoms with van der Waals surface area (Å²) in [6.45, 7) is 3.65. The van der Waals surface area contributed by atoms with Gasteiger partial charge in [0.05, 0.1) is 0 Å². The Balaban J connectivity index is 2.63. The molecule has 7 heteroatoms. The summed E-state index contributed by atoms with van der Waals surface area (Å²) in [6.07, 6.45) is 1.42. The van der Waals surface area contributed by atoms with Crippen LogP contribution in [-0.4, -0.2) is 31.8 Å². The Bertz CT molecular complexity index is 590. The summed E-state index contributed by atoms with van der Waals surface area (Å²) >= 11 is 0. The molecule has 0 aliphatic rings. The molecule has 0 aliphatic heterocycles. The Morgan fingerprint density at radius 1 is 1.67 bits per heavy atom. The van der Waals surface area contributed by atoms with E-state index in [1.165, 1.54) is 0 Å². The van der Waals surface area contributed by atoms with Crippen LogP contribution in [0.25, 0.3) is 11.2 Å². The highest BCUT2D eigenvalue weighted by Gasteiger charge is 2.15. The molecule has 0 saturated carbocycles. The summed E-state index contributed by atoms with van der Waals surface area (Å²) in [7, 11) is 0. The summed E-state index contributed by atoms with van der Waals surface area (Å²) in [6, 6.07) is 1.66. The number of nitrogens with two attached hydrogens (primary N) is 1. The van der Waals surface area contributed by atoms with E-state index < -0.39 is 6.23 Å². The molecule has 7 nitrogen and oxygen atoms in total. The third kappa shape index (κ3) is 2.00. The number of fused-ring (bicyclic) bond motifs is 1. The number of hydrogen-bond donors (Lipinski definition) is 4. The normalized spacial score (nSPS) is 12.6. The second-order valence-electron chi connectivity index (χ2n) is 3.99. The number of nitrogens with zero attached hydrogens (tertiary/aromatic N) is 3. The van der Waals surface area contributed by atoms with Gasteiger partial charge < -0.3 is 10.8 Å². The van der Waals surface area contributed by atoms with Gasteiger partial charge in [-0.05, 0) is 19.4 Å². The first kappa shape index (κ1) is 12.3. The van der Waals surface area contributed by atoms with Gasteiger partial charge in [0.25, 0.3) is 0 Å². The standard InChI is InChI=1S/C11H16N6O/c1-3-8(18)16-17-6(2)15-11-9(17)7(10(12)13)4-5-14-11/h4-5,8,16,18H,3H2,1-2H3,(H3,12,13). The average Bonchev–Trinajstić information content (AvgIpc) is 2.65. The maximum atomic E-state index is 9.68. The van der Waals surface area contributed by atoms with Gasteiger partial charge in [-0.25, -0.2) is 14.6 Å². The second-order valence-corrected chi connectivity index (χ2v) is 3.99. The van der Waals surface area contributed by atoms with E-state index >= 15 is 0 Å². The summed E-state index contributed by atoms with van der Waals surface area (Å²) in [5.74, 6) is 0.593. The molecule has 96 valence electrons. The van der Waals surface area contributed by atoms with Gasteiger partial charge in [-0.3, -0.25) is 10.8 Å². The number of pyridine rings is 1. The van der Waals surface area contributed by atoms with Gasteiger partial charge >= 0.3 is 0 Å². The fraction of sp³-hybridized carbons (Fsp3) is 0.364. The zero-order chi connectivity index (χ0) is 13.3. The number of aryl methyl sites for hydroxylation is 1. The van der Waals surface area contributed by atoms with Crippen LogP contribution in [0.2, 0.25) is 0 Å². The van der Waals surface area contributed by atoms with Crippen LogP contribution in [0.1, 0.15) is 24.7 Å². The maximum absolute atomic E-state index is 9.68. The van der Waals surface area contributed by atoms with Crippen molar-refractivity contribution < 1.29 is 5.11 Å². The highest BCUT2D eigenvalue weighted by atomic mass is 16.3. The van der Waals surface area contributed by atoms with Crippen molar-refractivity contribution in [2.75, 3.05) is 5.43 Å². The molecule has 0 radical (unpaired) electrons. The third-order valence-corrected chi connectivity index (χ3v) is 2.67. The Labute approximate surface area is 104 Å². The van der Waals surface area contributed by atoms with E-state index in [-0.39, 0.29) is 5.84 Å². The van der Waals surface area contributed by atoms with Crippen molar-refractivity contribution in [2.24, 2.45) is 5.73 Å².